The summed E-state index contributed by atoms with van der Waals surface area (Å²) in [6.45, 7) is 9.76. The van der Waals surface area contributed by atoms with Crippen molar-refractivity contribution in [3.8, 4) is 5.75 Å². The molecule has 0 radical (unpaired) electrons. The molecule has 2 atom stereocenters. The Morgan fingerprint density at radius 1 is 0.968 bits per heavy atom. The summed E-state index contributed by atoms with van der Waals surface area (Å²) in [7, 11) is 0.780. The van der Waals surface area contributed by atoms with E-state index in [0.717, 1.165) is 24.0 Å². The molecule has 0 N–H and O–H groups in total. The van der Waals surface area contributed by atoms with Gasteiger partial charge in [0.2, 0.25) is 5.82 Å². The summed E-state index contributed by atoms with van der Waals surface area (Å²) in [4.78, 5) is 0. The number of hydrogen-bond acceptors (Lipinski definition) is 2. The van der Waals surface area contributed by atoms with Gasteiger partial charge in [-0.05, 0) is 18.8 Å². The van der Waals surface area contributed by atoms with Gasteiger partial charge in [-0.2, -0.15) is 0 Å². The molecule has 2 nitrogen and oxygen atoms in total. The maximum atomic E-state index is 14.3. The predicted molar refractivity (Wildman–Crippen MR) is 114 cm³/mol. The largest absolute Gasteiger partial charge is 0.467 e. The van der Waals surface area contributed by atoms with Crippen molar-refractivity contribution < 1.29 is 31.4 Å². The number of rotatable bonds is 9. The molecular formula is C23H28F5O2P. The molecule has 0 aromatic heterocycles. The molecular weight excluding hydrogens is 434 g/mol. The van der Waals surface area contributed by atoms with Gasteiger partial charge in [0.15, 0.2) is 30.1 Å². The van der Waals surface area contributed by atoms with Crippen molar-refractivity contribution in [1.82, 2.24) is 0 Å². The molecule has 2 unspecified atom stereocenters. The summed E-state index contributed by atoms with van der Waals surface area (Å²) in [5.41, 5.74) is 1.64. The molecule has 2 rings (SSSR count). The summed E-state index contributed by atoms with van der Waals surface area (Å²) in [6, 6.07) is 3.82. The lowest BCUT2D eigenvalue weighted by atomic mass is 9.78. The lowest BCUT2D eigenvalue weighted by molar-refractivity contribution is 0.0489. The summed E-state index contributed by atoms with van der Waals surface area (Å²) >= 11 is 0. The molecule has 172 valence electrons. The molecule has 0 amide bonds. The van der Waals surface area contributed by atoms with Crippen molar-refractivity contribution in [1.29, 1.82) is 0 Å². The Hall–Kier alpha value is -1.72. The minimum absolute atomic E-state index is 0.0381. The molecule has 0 saturated carbocycles. The van der Waals surface area contributed by atoms with E-state index in [9.17, 15) is 22.0 Å². The van der Waals surface area contributed by atoms with Crippen LogP contribution in [0.15, 0.2) is 12.1 Å². The van der Waals surface area contributed by atoms with E-state index in [1.54, 1.807) is 6.92 Å². The van der Waals surface area contributed by atoms with Crippen molar-refractivity contribution in [2.45, 2.75) is 58.5 Å². The third-order valence-electron chi connectivity index (χ3n) is 5.22. The SMILES string of the molecule is CCCC(C)(C)c1cc(C)cc(C(C)Pc2c(F)c(F)c(F)c(F)c2F)c1OCOC. The minimum Gasteiger partial charge on any atom is -0.467 e. The van der Waals surface area contributed by atoms with E-state index < -0.39 is 48.6 Å². The van der Waals surface area contributed by atoms with E-state index in [1.807, 2.05) is 19.1 Å². The summed E-state index contributed by atoms with van der Waals surface area (Å²) in [5.74, 6) is -9.08. The fraction of sp³-hybridized carbons (Fsp3) is 0.478. The normalized spacial score (nSPS) is 13.3. The lowest BCUT2D eigenvalue weighted by Crippen LogP contribution is -2.21. The first kappa shape index (κ1) is 25.5. The molecule has 8 heteroatoms. The zero-order valence-corrected chi connectivity index (χ0v) is 19.6. The summed E-state index contributed by atoms with van der Waals surface area (Å²) < 4.78 is 80.2. The molecule has 2 aromatic rings. The lowest BCUT2D eigenvalue weighted by Gasteiger charge is -2.30. The van der Waals surface area contributed by atoms with Crippen molar-refractivity contribution in [3.63, 3.8) is 0 Å². The average molecular weight is 462 g/mol. The van der Waals surface area contributed by atoms with Gasteiger partial charge < -0.3 is 9.47 Å². The molecule has 0 aliphatic rings. The van der Waals surface area contributed by atoms with Gasteiger partial charge in [0.05, 0.1) is 5.30 Å². The number of methoxy groups -OCH3 is 1. The first-order valence-corrected chi connectivity index (χ1v) is 11.1. The van der Waals surface area contributed by atoms with E-state index in [0.29, 0.717) is 11.3 Å². The highest BCUT2D eigenvalue weighted by atomic mass is 31.1. The maximum Gasteiger partial charge on any atom is 0.200 e. The molecule has 0 spiro atoms. The Bertz CT molecular complexity index is 917. The van der Waals surface area contributed by atoms with Crippen molar-refractivity contribution in [3.05, 3.63) is 57.9 Å². The molecule has 0 bridgehead atoms. The Kier molecular flexibility index (Phi) is 8.46. The second kappa shape index (κ2) is 10.3. The molecule has 0 aliphatic carbocycles. The van der Waals surface area contributed by atoms with Gasteiger partial charge in [-0.25, -0.2) is 22.0 Å². The number of aryl methyl sites for hydroxylation is 1. The van der Waals surface area contributed by atoms with Crippen LogP contribution in [0.5, 0.6) is 5.75 Å². The van der Waals surface area contributed by atoms with Gasteiger partial charge in [0.1, 0.15) is 5.75 Å². The Balaban J connectivity index is 2.61. The van der Waals surface area contributed by atoms with Gasteiger partial charge in [-0.15, -0.1) is 0 Å². The molecule has 0 heterocycles. The summed E-state index contributed by atoms with van der Waals surface area (Å²) in [6.07, 6.45) is 1.80. The third kappa shape index (κ3) is 5.38. The van der Waals surface area contributed by atoms with Crippen LogP contribution in [0.4, 0.5) is 22.0 Å². The van der Waals surface area contributed by atoms with Crippen LogP contribution in [0.2, 0.25) is 0 Å². The van der Waals surface area contributed by atoms with Crippen LogP contribution >= 0.6 is 8.58 Å². The monoisotopic (exact) mass is 462 g/mol. The van der Waals surface area contributed by atoms with Crippen molar-refractivity contribution in [2.24, 2.45) is 0 Å². The standard InChI is InChI=1S/C23H28F5O2P/c1-7-8-23(4,5)15-10-12(2)9-14(21(15)30-11-29-6)13(3)31-22-19(27)17(25)16(24)18(26)20(22)28/h9-10,13,31H,7-8,11H2,1-6H3. The molecule has 0 saturated heterocycles. The van der Waals surface area contributed by atoms with Gasteiger partial charge in [-0.3, -0.25) is 0 Å². The Labute approximate surface area is 181 Å². The highest BCUT2D eigenvalue weighted by Gasteiger charge is 2.30. The zero-order valence-electron chi connectivity index (χ0n) is 18.6. The maximum absolute atomic E-state index is 14.3. The average Bonchev–Trinajstić information content (AvgIpc) is 2.72. The molecule has 2 aromatic carbocycles. The number of benzene rings is 2. The van der Waals surface area contributed by atoms with Gasteiger partial charge in [-0.1, -0.05) is 60.4 Å². The van der Waals surface area contributed by atoms with E-state index in [1.165, 1.54) is 7.11 Å². The quantitative estimate of drug-likeness (QED) is 0.134. The minimum atomic E-state index is -2.15. The Morgan fingerprint density at radius 3 is 2.03 bits per heavy atom. The fourth-order valence-corrected chi connectivity index (χ4v) is 4.97. The molecule has 31 heavy (non-hydrogen) atoms. The van der Waals surface area contributed by atoms with Crippen molar-refractivity contribution >= 4 is 13.9 Å². The van der Waals surface area contributed by atoms with E-state index in [2.05, 4.69) is 20.8 Å². The van der Waals surface area contributed by atoms with Crippen molar-refractivity contribution in [2.75, 3.05) is 13.9 Å². The van der Waals surface area contributed by atoms with Gasteiger partial charge in [0, 0.05) is 23.9 Å². The topological polar surface area (TPSA) is 18.5 Å². The Morgan fingerprint density at radius 2 is 1.52 bits per heavy atom. The second-order valence-corrected chi connectivity index (χ2v) is 9.88. The van der Waals surface area contributed by atoms with Crippen LogP contribution in [0.1, 0.15) is 62.9 Å². The summed E-state index contributed by atoms with van der Waals surface area (Å²) in [5, 5.41) is -0.808. The van der Waals surface area contributed by atoms with Crippen LogP contribution in [0.3, 0.4) is 0 Å². The molecule has 0 aliphatic heterocycles. The number of ether oxygens (including phenoxy) is 2. The van der Waals surface area contributed by atoms with E-state index in [4.69, 9.17) is 9.47 Å². The van der Waals surface area contributed by atoms with E-state index >= 15 is 0 Å². The van der Waals surface area contributed by atoms with Gasteiger partial charge >= 0.3 is 0 Å². The highest BCUT2D eigenvalue weighted by Crippen LogP contribution is 2.46. The van der Waals surface area contributed by atoms with Gasteiger partial charge in [0.25, 0.3) is 0 Å². The predicted octanol–water partition coefficient (Wildman–Crippen LogP) is 6.82. The zero-order chi connectivity index (χ0) is 23.5. The smallest absolute Gasteiger partial charge is 0.200 e. The van der Waals surface area contributed by atoms with Crippen LogP contribution in [0.25, 0.3) is 0 Å². The number of hydrogen-bond donors (Lipinski definition) is 0. The first-order chi connectivity index (χ1) is 14.5. The second-order valence-electron chi connectivity index (χ2n) is 8.23. The van der Waals surface area contributed by atoms with Crippen LogP contribution in [0, 0.1) is 36.0 Å². The van der Waals surface area contributed by atoms with Crippen LogP contribution < -0.4 is 10.0 Å². The fourth-order valence-electron chi connectivity index (χ4n) is 3.69. The number of halogens is 5. The van der Waals surface area contributed by atoms with Crippen LogP contribution in [-0.4, -0.2) is 13.9 Å². The van der Waals surface area contributed by atoms with E-state index in [-0.39, 0.29) is 12.2 Å². The van der Waals surface area contributed by atoms with Crippen LogP contribution in [-0.2, 0) is 10.2 Å². The third-order valence-corrected chi connectivity index (χ3v) is 6.70. The highest BCUT2D eigenvalue weighted by molar-refractivity contribution is 7.47. The first-order valence-electron chi connectivity index (χ1n) is 10.0. The molecule has 0 fully saturated rings.